The second kappa shape index (κ2) is 10.2. The number of benzene rings is 2. The Morgan fingerprint density at radius 3 is 2.23 bits per heavy atom. The predicted octanol–water partition coefficient (Wildman–Crippen LogP) is 4.00. The SMILES string of the molecule is CCn1c(CC(=O)Nc2ccc(F)cc2)nnc1SCC(=O)Nc1ccc(Cl)cc1. The van der Waals surface area contributed by atoms with E-state index in [4.69, 9.17) is 11.6 Å². The number of nitrogens with one attached hydrogen (secondary N) is 2. The van der Waals surface area contributed by atoms with Gasteiger partial charge in [0.2, 0.25) is 11.8 Å². The third-order valence-electron chi connectivity index (χ3n) is 4.02. The monoisotopic (exact) mass is 447 g/mol. The molecular weight excluding hydrogens is 429 g/mol. The molecule has 30 heavy (non-hydrogen) atoms. The van der Waals surface area contributed by atoms with Gasteiger partial charge >= 0.3 is 0 Å². The van der Waals surface area contributed by atoms with E-state index in [2.05, 4.69) is 20.8 Å². The molecule has 1 heterocycles. The largest absolute Gasteiger partial charge is 0.326 e. The molecule has 0 aliphatic carbocycles. The van der Waals surface area contributed by atoms with E-state index in [1.54, 1.807) is 28.8 Å². The normalized spacial score (nSPS) is 10.6. The fourth-order valence-electron chi connectivity index (χ4n) is 2.62. The third-order valence-corrected chi connectivity index (χ3v) is 5.24. The van der Waals surface area contributed by atoms with Crippen LogP contribution in [0.3, 0.4) is 0 Å². The second-order valence-electron chi connectivity index (χ2n) is 6.22. The summed E-state index contributed by atoms with van der Waals surface area (Å²) in [6.45, 7) is 2.45. The highest BCUT2D eigenvalue weighted by Crippen LogP contribution is 2.19. The Hall–Kier alpha value is -2.91. The molecule has 0 spiro atoms. The lowest BCUT2D eigenvalue weighted by molar-refractivity contribution is -0.116. The van der Waals surface area contributed by atoms with Gasteiger partial charge in [-0.2, -0.15) is 0 Å². The van der Waals surface area contributed by atoms with E-state index in [0.717, 1.165) is 0 Å². The topological polar surface area (TPSA) is 88.9 Å². The molecule has 0 unspecified atom stereocenters. The van der Waals surface area contributed by atoms with Crippen LogP contribution in [0.15, 0.2) is 53.7 Å². The van der Waals surface area contributed by atoms with Crippen molar-refractivity contribution in [1.29, 1.82) is 0 Å². The lowest BCUT2D eigenvalue weighted by Crippen LogP contribution is -2.18. The molecule has 2 amide bonds. The number of carbonyl (C=O) groups excluding carboxylic acids is 2. The molecule has 10 heteroatoms. The molecule has 1 aromatic heterocycles. The molecule has 0 aliphatic rings. The quantitative estimate of drug-likeness (QED) is 0.509. The van der Waals surface area contributed by atoms with E-state index in [-0.39, 0.29) is 29.8 Å². The van der Waals surface area contributed by atoms with E-state index in [1.165, 1.54) is 36.0 Å². The number of rotatable bonds is 8. The lowest BCUT2D eigenvalue weighted by Gasteiger charge is -2.08. The predicted molar refractivity (Wildman–Crippen MR) is 115 cm³/mol. The van der Waals surface area contributed by atoms with Gasteiger partial charge in [-0.3, -0.25) is 9.59 Å². The summed E-state index contributed by atoms with van der Waals surface area (Å²) in [4.78, 5) is 24.4. The minimum absolute atomic E-state index is 0.00967. The van der Waals surface area contributed by atoms with Gasteiger partial charge in [-0.25, -0.2) is 4.39 Å². The molecule has 156 valence electrons. The van der Waals surface area contributed by atoms with Crippen LogP contribution in [-0.4, -0.2) is 32.3 Å². The van der Waals surface area contributed by atoms with E-state index < -0.39 is 0 Å². The molecular formula is C20H19ClFN5O2S. The standard InChI is InChI=1S/C20H19ClFN5O2S/c1-2-27-17(11-18(28)23-16-9-5-14(22)6-10-16)25-26-20(27)30-12-19(29)24-15-7-3-13(21)4-8-15/h3-10H,2,11-12H2,1H3,(H,23,28)(H,24,29). The highest BCUT2D eigenvalue weighted by atomic mass is 35.5. The van der Waals surface area contributed by atoms with Gasteiger partial charge in [0.25, 0.3) is 0 Å². The first-order chi connectivity index (χ1) is 14.4. The summed E-state index contributed by atoms with van der Waals surface area (Å²) in [5.41, 5.74) is 1.15. The van der Waals surface area contributed by atoms with Crippen molar-refractivity contribution in [2.75, 3.05) is 16.4 Å². The van der Waals surface area contributed by atoms with Gasteiger partial charge in [0.15, 0.2) is 5.16 Å². The first kappa shape index (κ1) is 21.8. The summed E-state index contributed by atoms with van der Waals surface area (Å²) in [6.07, 6.45) is 0.00967. The van der Waals surface area contributed by atoms with E-state index in [1.807, 2.05) is 6.92 Å². The number of carbonyl (C=O) groups is 2. The summed E-state index contributed by atoms with van der Waals surface area (Å²) in [5, 5.41) is 14.8. The number of hydrogen-bond acceptors (Lipinski definition) is 5. The summed E-state index contributed by atoms with van der Waals surface area (Å²) < 4.78 is 14.8. The highest BCUT2D eigenvalue weighted by Gasteiger charge is 2.16. The van der Waals surface area contributed by atoms with Crippen LogP contribution in [0.2, 0.25) is 5.02 Å². The van der Waals surface area contributed by atoms with Crippen molar-refractivity contribution in [2.45, 2.75) is 25.0 Å². The Kier molecular flexibility index (Phi) is 7.42. The number of halogens is 2. The Morgan fingerprint density at radius 1 is 1.00 bits per heavy atom. The van der Waals surface area contributed by atoms with E-state index in [9.17, 15) is 14.0 Å². The van der Waals surface area contributed by atoms with Crippen LogP contribution in [0, 0.1) is 5.82 Å². The number of aromatic nitrogens is 3. The molecule has 0 saturated carbocycles. The molecule has 0 bridgehead atoms. The third kappa shape index (κ3) is 6.04. The van der Waals surface area contributed by atoms with Gasteiger partial charge in [-0.15, -0.1) is 10.2 Å². The van der Waals surface area contributed by atoms with Crippen molar-refractivity contribution in [3.8, 4) is 0 Å². The first-order valence-corrected chi connectivity index (χ1v) is 10.5. The summed E-state index contributed by atoms with van der Waals surface area (Å²) in [5.74, 6) is -0.231. The number of hydrogen-bond donors (Lipinski definition) is 2. The smallest absolute Gasteiger partial charge is 0.234 e. The molecule has 2 aromatic carbocycles. The maximum atomic E-state index is 13.0. The van der Waals surface area contributed by atoms with E-state index >= 15 is 0 Å². The number of thioether (sulfide) groups is 1. The van der Waals surface area contributed by atoms with Crippen LogP contribution in [-0.2, 0) is 22.6 Å². The van der Waals surface area contributed by atoms with Gasteiger partial charge < -0.3 is 15.2 Å². The minimum atomic E-state index is -0.375. The Balaban J connectivity index is 1.56. The second-order valence-corrected chi connectivity index (χ2v) is 7.60. The van der Waals surface area contributed by atoms with Crippen LogP contribution in [0.25, 0.3) is 0 Å². The average Bonchev–Trinajstić information content (AvgIpc) is 3.11. The Labute approximate surface area is 182 Å². The highest BCUT2D eigenvalue weighted by molar-refractivity contribution is 7.99. The first-order valence-electron chi connectivity index (χ1n) is 9.10. The van der Waals surface area contributed by atoms with Crippen molar-refractivity contribution in [3.05, 3.63) is 65.2 Å². The molecule has 3 rings (SSSR count). The Bertz CT molecular complexity index is 1020. The van der Waals surface area contributed by atoms with Crippen molar-refractivity contribution in [1.82, 2.24) is 14.8 Å². The van der Waals surface area contributed by atoms with Crippen LogP contribution in [0.1, 0.15) is 12.7 Å². The fourth-order valence-corrected chi connectivity index (χ4v) is 3.56. The van der Waals surface area contributed by atoms with Crippen LogP contribution >= 0.6 is 23.4 Å². The van der Waals surface area contributed by atoms with Crippen LogP contribution < -0.4 is 10.6 Å². The minimum Gasteiger partial charge on any atom is -0.326 e. The van der Waals surface area contributed by atoms with Crippen molar-refractivity contribution >= 4 is 46.6 Å². The van der Waals surface area contributed by atoms with Crippen molar-refractivity contribution in [3.63, 3.8) is 0 Å². The van der Waals surface area contributed by atoms with E-state index in [0.29, 0.717) is 33.9 Å². The molecule has 0 fully saturated rings. The molecule has 7 nitrogen and oxygen atoms in total. The molecule has 2 N–H and O–H groups in total. The summed E-state index contributed by atoms with van der Waals surface area (Å²) in [6, 6.07) is 12.3. The molecule has 0 radical (unpaired) electrons. The zero-order valence-electron chi connectivity index (χ0n) is 16.1. The lowest BCUT2D eigenvalue weighted by atomic mass is 10.3. The van der Waals surface area contributed by atoms with Gasteiger partial charge in [0.1, 0.15) is 11.6 Å². The zero-order chi connectivity index (χ0) is 21.5. The Morgan fingerprint density at radius 2 is 1.60 bits per heavy atom. The van der Waals surface area contributed by atoms with Crippen molar-refractivity contribution in [2.24, 2.45) is 0 Å². The number of amides is 2. The molecule has 3 aromatic rings. The summed E-state index contributed by atoms with van der Waals surface area (Å²) >= 11 is 7.07. The fraction of sp³-hybridized carbons (Fsp3) is 0.200. The maximum Gasteiger partial charge on any atom is 0.234 e. The molecule has 0 aliphatic heterocycles. The molecule has 0 saturated heterocycles. The summed E-state index contributed by atoms with van der Waals surface area (Å²) in [7, 11) is 0. The van der Waals surface area contributed by atoms with Crippen LogP contribution in [0.4, 0.5) is 15.8 Å². The average molecular weight is 448 g/mol. The van der Waals surface area contributed by atoms with Gasteiger partial charge in [-0.05, 0) is 55.5 Å². The number of nitrogens with zero attached hydrogens (tertiary/aromatic N) is 3. The van der Waals surface area contributed by atoms with Crippen molar-refractivity contribution < 1.29 is 14.0 Å². The van der Waals surface area contributed by atoms with Crippen LogP contribution in [0.5, 0.6) is 0 Å². The van der Waals surface area contributed by atoms with Gasteiger partial charge in [-0.1, -0.05) is 23.4 Å². The zero-order valence-corrected chi connectivity index (χ0v) is 17.6. The molecule has 0 atom stereocenters. The van der Waals surface area contributed by atoms with Gasteiger partial charge in [0, 0.05) is 22.9 Å². The maximum absolute atomic E-state index is 13.0. The number of anilines is 2. The van der Waals surface area contributed by atoms with Gasteiger partial charge in [0.05, 0.1) is 12.2 Å².